The van der Waals surface area contributed by atoms with Crippen LogP contribution in [0.3, 0.4) is 0 Å². The molecule has 3 rings (SSSR count). The average Bonchev–Trinajstić information content (AvgIpc) is 2.90. The molecule has 2 heterocycles. The number of nitrogens with zero attached hydrogens (tertiary/aromatic N) is 4. The summed E-state index contributed by atoms with van der Waals surface area (Å²) in [6, 6.07) is 2.79. The van der Waals surface area contributed by atoms with E-state index in [1.54, 1.807) is 11.8 Å². The Morgan fingerprint density at radius 2 is 1.57 bits per heavy atom. The van der Waals surface area contributed by atoms with Gasteiger partial charge in [0.05, 0.1) is 17.1 Å². The molecule has 13 heteroatoms. The number of carbonyl (C=O) groups excluding carboxylic acids is 3. The van der Waals surface area contributed by atoms with Crippen LogP contribution in [-0.2, 0) is 25.8 Å². The molecule has 0 spiro atoms. The fourth-order valence-corrected chi connectivity index (χ4v) is 4.72. The molecule has 1 aromatic rings. The van der Waals surface area contributed by atoms with Crippen molar-refractivity contribution >= 4 is 27.9 Å². The standard InChI is InChI=1S/C17H19F3N4O5S/c1-2-23-14(25)15(26)24(16(23)27)11-21-6-8-22(9-7-21)30(28,29)13-5-3-4-12(10-13)17(18,19)20/h3-5,10H,2,6-9,11H2,1H3. The minimum Gasteiger partial charge on any atom is -0.283 e. The Balaban J connectivity index is 1.66. The Labute approximate surface area is 170 Å². The monoisotopic (exact) mass is 448 g/mol. The maximum Gasteiger partial charge on any atom is 0.416 e. The number of piperazine rings is 1. The maximum atomic E-state index is 12.9. The Bertz CT molecular complexity index is 974. The zero-order chi connectivity index (χ0) is 22.3. The molecule has 2 aliphatic heterocycles. The highest BCUT2D eigenvalue weighted by atomic mass is 32.2. The summed E-state index contributed by atoms with van der Waals surface area (Å²) < 4.78 is 65.1. The lowest BCUT2D eigenvalue weighted by molar-refractivity contribution is -0.143. The zero-order valence-electron chi connectivity index (χ0n) is 15.9. The molecule has 0 saturated carbocycles. The molecule has 0 radical (unpaired) electrons. The zero-order valence-corrected chi connectivity index (χ0v) is 16.7. The number of sulfonamides is 1. The Hall–Kier alpha value is -2.51. The minimum absolute atomic E-state index is 0.0414. The summed E-state index contributed by atoms with van der Waals surface area (Å²) >= 11 is 0. The van der Waals surface area contributed by atoms with Crippen molar-refractivity contribution in [2.24, 2.45) is 0 Å². The van der Waals surface area contributed by atoms with Gasteiger partial charge in [-0.05, 0) is 25.1 Å². The van der Waals surface area contributed by atoms with Crippen molar-refractivity contribution in [1.29, 1.82) is 0 Å². The predicted molar refractivity (Wildman–Crippen MR) is 96.3 cm³/mol. The third-order valence-corrected chi connectivity index (χ3v) is 6.82. The van der Waals surface area contributed by atoms with Crippen LogP contribution in [0.2, 0.25) is 0 Å². The van der Waals surface area contributed by atoms with Gasteiger partial charge in [-0.2, -0.15) is 17.5 Å². The molecule has 164 valence electrons. The van der Waals surface area contributed by atoms with E-state index in [1.165, 1.54) is 0 Å². The van der Waals surface area contributed by atoms with Gasteiger partial charge in [0, 0.05) is 32.7 Å². The third-order valence-electron chi connectivity index (χ3n) is 4.92. The van der Waals surface area contributed by atoms with E-state index in [1.807, 2.05) is 0 Å². The molecule has 2 saturated heterocycles. The highest BCUT2D eigenvalue weighted by molar-refractivity contribution is 7.89. The van der Waals surface area contributed by atoms with E-state index in [0.29, 0.717) is 6.07 Å². The van der Waals surface area contributed by atoms with Crippen molar-refractivity contribution in [3.63, 3.8) is 0 Å². The molecule has 0 N–H and O–H groups in total. The lowest BCUT2D eigenvalue weighted by Gasteiger charge is -2.35. The molecule has 2 aliphatic rings. The van der Waals surface area contributed by atoms with Gasteiger partial charge in [0.25, 0.3) is 0 Å². The first-order valence-electron chi connectivity index (χ1n) is 9.04. The maximum absolute atomic E-state index is 12.9. The van der Waals surface area contributed by atoms with Crippen LogP contribution in [0.25, 0.3) is 0 Å². The van der Waals surface area contributed by atoms with Gasteiger partial charge in [0.2, 0.25) is 10.0 Å². The van der Waals surface area contributed by atoms with Gasteiger partial charge in [-0.3, -0.25) is 19.4 Å². The first-order chi connectivity index (χ1) is 14.0. The van der Waals surface area contributed by atoms with Crippen molar-refractivity contribution in [2.45, 2.75) is 18.0 Å². The van der Waals surface area contributed by atoms with Crippen LogP contribution < -0.4 is 0 Å². The number of imide groups is 2. The fourth-order valence-electron chi connectivity index (χ4n) is 3.25. The van der Waals surface area contributed by atoms with Crippen LogP contribution in [0, 0.1) is 0 Å². The van der Waals surface area contributed by atoms with E-state index < -0.39 is 44.5 Å². The molecule has 2 fully saturated rings. The van der Waals surface area contributed by atoms with Crippen LogP contribution in [0.1, 0.15) is 12.5 Å². The number of amides is 4. The summed E-state index contributed by atoms with van der Waals surface area (Å²) in [5.74, 6) is -1.85. The van der Waals surface area contributed by atoms with Gasteiger partial charge < -0.3 is 0 Å². The lowest BCUT2D eigenvalue weighted by Crippen LogP contribution is -2.52. The molecule has 0 unspecified atom stereocenters. The largest absolute Gasteiger partial charge is 0.416 e. The van der Waals surface area contributed by atoms with Gasteiger partial charge in [-0.1, -0.05) is 6.07 Å². The molecular formula is C17H19F3N4O5S. The molecule has 1 aromatic carbocycles. The van der Waals surface area contributed by atoms with Crippen molar-refractivity contribution in [3.8, 4) is 0 Å². The number of urea groups is 1. The van der Waals surface area contributed by atoms with E-state index in [9.17, 15) is 36.0 Å². The van der Waals surface area contributed by atoms with Crippen molar-refractivity contribution in [3.05, 3.63) is 29.8 Å². The van der Waals surface area contributed by atoms with Crippen LogP contribution >= 0.6 is 0 Å². The van der Waals surface area contributed by atoms with Crippen LogP contribution in [0.15, 0.2) is 29.2 Å². The van der Waals surface area contributed by atoms with E-state index in [2.05, 4.69) is 0 Å². The van der Waals surface area contributed by atoms with Crippen molar-refractivity contribution in [1.82, 2.24) is 19.0 Å². The molecular weight excluding hydrogens is 429 g/mol. The van der Waals surface area contributed by atoms with Gasteiger partial charge in [-0.15, -0.1) is 0 Å². The summed E-state index contributed by atoms with van der Waals surface area (Å²) in [6.45, 7) is 1.63. The topological polar surface area (TPSA) is 98.3 Å². The van der Waals surface area contributed by atoms with E-state index in [0.717, 1.165) is 32.3 Å². The number of carbonyl (C=O) groups is 3. The van der Waals surface area contributed by atoms with E-state index in [4.69, 9.17) is 0 Å². The number of halogens is 3. The average molecular weight is 448 g/mol. The van der Waals surface area contributed by atoms with Crippen molar-refractivity contribution in [2.75, 3.05) is 39.4 Å². The highest BCUT2D eigenvalue weighted by Gasteiger charge is 2.44. The first-order valence-corrected chi connectivity index (χ1v) is 10.5. The van der Waals surface area contributed by atoms with Gasteiger partial charge >= 0.3 is 24.0 Å². The molecule has 0 bridgehead atoms. The molecule has 0 atom stereocenters. The van der Waals surface area contributed by atoms with Crippen LogP contribution in [-0.4, -0.2) is 84.7 Å². The first kappa shape index (κ1) is 22.2. The Morgan fingerprint density at radius 1 is 0.967 bits per heavy atom. The highest BCUT2D eigenvalue weighted by Crippen LogP contribution is 2.31. The second-order valence-electron chi connectivity index (χ2n) is 6.75. The third kappa shape index (κ3) is 4.04. The predicted octanol–water partition coefficient (Wildman–Crippen LogP) is 0.780. The number of hydrogen-bond donors (Lipinski definition) is 0. The van der Waals surface area contributed by atoms with Crippen molar-refractivity contribution < 1.29 is 36.0 Å². The normalized spacial score (nSPS) is 19.8. The molecule has 0 aliphatic carbocycles. The smallest absolute Gasteiger partial charge is 0.283 e. The van der Waals surface area contributed by atoms with Crippen LogP contribution in [0.4, 0.5) is 18.0 Å². The minimum atomic E-state index is -4.66. The Morgan fingerprint density at radius 3 is 2.10 bits per heavy atom. The quantitative estimate of drug-likeness (QED) is 0.488. The second-order valence-corrected chi connectivity index (χ2v) is 8.69. The number of alkyl halides is 3. The van der Waals surface area contributed by atoms with Gasteiger partial charge in [0.1, 0.15) is 0 Å². The Kier molecular flexibility index (Phi) is 5.89. The number of benzene rings is 1. The number of likely N-dealkylation sites (N-methyl/N-ethyl adjacent to an activating group) is 1. The molecule has 4 amide bonds. The molecule has 9 nitrogen and oxygen atoms in total. The summed E-state index contributed by atoms with van der Waals surface area (Å²) in [5.41, 5.74) is -1.06. The fraction of sp³-hybridized carbons (Fsp3) is 0.471. The molecule has 30 heavy (non-hydrogen) atoms. The summed E-state index contributed by atoms with van der Waals surface area (Å²) in [7, 11) is -4.14. The van der Waals surface area contributed by atoms with Crippen LogP contribution in [0.5, 0.6) is 0 Å². The molecule has 0 aromatic heterocycles. The van der Waals surface area contributed by atoms with Gasteiger partial charge in [0.15, 0.2) is 0 Å². The SMILES string of the molecule is CCN1C(=O)C(=O)N(CN2CCN(S(=O)(=O)c3cccc(C(F)(F)F)c3)CC2)C1=O. The number of rotatable bonds is 5. The number of hydrogen-bond acceptors (Lipinski definition) is 6. The lowest BCUT2D eigenvalue weighted by atomic mass is 10.2. The summed E-state index contributed by atoms with van der Waals surface area (Å²) in [5, 5.41) is 0. The van der Waals surface area contributed by atoms with Gasteiger partial charge in [-0.25, -0.2) is 18.1 Å². The summed E-state index contributed by atoms with van der Waals surface area (Å²) in [4.78, 5) is 38.6. The van der Waals surface area contributed by atoms with E-state index in [-0.39, 0.29) is 39.4 Å². The second kappa shape index (κ2) is 7.96. The summed E-state index contributed by atoms with van der Waals surface area (Å²) in [6.07, 6.45) is -4.66. The van der Waals surface area contributed by atoms with E-state index >= 15 is 0 Å².